The van der Waals surface area contributed by atoms with Crippen molar-refractivity contribution in [2.45, 2.75) is 45.6 Å². The molecule has 1 N–H and O–H groups in total. The lowest BCUT2D eigenvalue weighted by atomic mass is 9.92. The van der Waals surface area contributed by atoms with Gasteiger partial charge >= 0.3 is 11.9 Å². The van der Waals surface area contributed by atoms with Gasteiger partial charge in [-0.15, -0.1) is 16.4 Å². The van der Waals surface area contributed by atoms with Gasteiger partial charge in [-0.2, -0.15) is 13.2 Å². The van der Waals surface area contributed by atoms with Gasteiger partial charge in [-0.3, -0.25) is 9.36 Å². The highest BCUT2D eigenvalue weighted by Crippen LogP contribution is 2.32. The van der Waals surface area contributed by atoms with Crippen LogP contribution in [0.25, 0.3) is 10.7 Å². The van der Waals surface area contributed by atoms with Crippen molar-refractivity contribution in [3.05, 3.63) is 98.5 Å². The fraction of sp³-hybridized carbons (Fsp3) is 0.269. The first-order valence-corrected chi connectivity index (χ1v) is 12.1. The molecule has 4 aromatic rings. The Morgan fingerprint density at radius 1 is 1.03 bits per heavy atom. The van der Waals surface area contributed by atoms with Crippen LogP contribution in [0.1, 0.15) is 35.4 Å². The van der Waals surface area contributed by atoms with Crippen LogP contribution >= 0.6 is 11.3 Å². The fourth-order valence-electron chi connectivity index (χ4n) is 3.90. The molecule has 0 unspecified atom stereocenters. The lowest BCUT2D eigenvalue weighted by molar-refractivity contribution is -0.137. The van der Waals surface area contributed by atoms with Crippen LogP contribution in [0.4, 0.5) is 17.6 Å². The summed E-state index contributed by atoms with van der Waals surface area (Å²) in [4.78, 5) is 27.8. The Bertz CT molecular complexity index is 1500. The number of rotatable bonds is 7. The smallest absolute Gasteiger partial charge is 0.346 e. The Morgan fingerprint density at radius 2 is 1.73 bits per heavy atom. The van der Waals surface area contributed by atoms with Crippen molar-refractivity contribution in [3.63, 3.8) is 0 Å². The second-order valence-electron chi connectivity index (χ2n) is 9.10. The molecular weight excluding hydrogens is 508 g/mol. The normalized spacial score (nSPS) is 12.1. The standard InChI is InChI=1S/C26H24F4N4O2S/c1-16-11-12-21(37-16)23-32-34(24(36)33(23)14-17-7-4-5-10-20(17)27)15-22(35)31-25(2,3)18-8-6-9-19(13-18)26(28,29)30/h4-13H,14-15H2,1-3H3,(H,31,35). The van der Waals surface area contributed by atoms with Crippen LogP contribution in [-0.4, -0.2) is 20.3 Å². The zero-order valence-electron chi connectivity index (χ0n) is 20.3. The minimum absolute atomic E-state index is 0.0882. The molecule has 2 aromatic heterocycles. The number of aromatic nitrogens is 3. The summed E-state index contributed by atoms with van der Waals surface area (Å²) < 4.78 is 56.1. The molecule has 0 bridgehead atoms. The van der Waals surface area contributed by atoms with Gasteiger partial charge in [0.1, 0.15) is 12.4 Å². The zero-order valence-corrected chi connectivity index (χ0v) is 21.1. The van der Waals surface area contributed by atoms with Crippen molar-refractivity contribution in [2.75, 3.05) is 0 Å². The first kappa shape index (κ1) is 26.3. The summed E-state index contributed by atoms with van der Waals surface area (Å²) in [6, 6.07) is 14.4. The third-order valence-corrected chi connectivity index (χ3v) is 6.82. The number of alkyl halides is 3. The summed E-state index contributed by atoms with van der Waals surface area (Å²) >= 11 is 1.40. The maximum atomic E-state index is 14.3. The number of benzene rings is 2. The second kappa shape index (κ2) is 9.97. The molecule has 37 heavy (non-hydrogen) atoms. The molecule has 4 rings (SSSR count). The molecule has 0 fully saturated rings. The van der Waals surface area contributed by atoms with Crippen LogP contribution in [0.3, 0.4) is 0 Å². The fourth-order valence-corrected chi connectivity index (χ4v) is 4.76. The quantitative estimate of drug-likeness (QED) is 0.327. The number of nitrogens with one attached hydrogen (secondary N) is 1. The third-order valence-electron chi connectivity index (χ3n) is 5.83. The third kappa shape index (κ3) is 5.82. The molecular formula is C26H24F4N4O2S. The van der Waals surface area contributed by atoms with E-state index in [1.165, 1.54) is 34.1 Å². The van der Waals surface area contributed by atoms with E-state index in [1.54, 1.807) is 38.1 Å². The molecule has 1 amide bonds. The molecule has 0 radical (unpaired) electrons. The number of nitrogens with zero attached hydrogens (tertiary/aromatic N) is 3. The first-order chi connectivity index (χ1) is 17.3. The van der Waals surface area contributed by atoms with Crippen LogP contribution in [0.15, 0.2) is 65.5 Å². The number of hydrogen-bond donors (Lipinski definition) is 1. The van der Waals surface area contributed by atoms with Gasteiger partial charge in [0.15, 0.2) is 5.82 Å². The number of halogens is 4. The van der Waals surface area contributed by atoms with Crippen LogP contribution < -0.4 is 11.0 Å². The van der Waals surface area contributed by atoms with Crippen LogP contribution in [0.5, 0.6) is 0 Å². The van der Waals surface area contributed by atoms with Gasteiger partial charge in [-0.1, -0.05) is 30.3 Å². The van der Waals surface area contributed by atoms with Gasteiger partial charge in [-0.05, 0) is 56.7 Å². The van der Waals surface area contributed by atoms with E-state index in [0.29, 0.717) is 4.88 Å². The maximum Gasteiger partial charge on any atom is 0.416 e. The monoisotopic (exact) mass is 532 g/mol. The predicted molar refractivity (Wildman–Crippen MR) is 133 cm³/mol. The summed E-state index contributed by atoms with van der Waals surface area (Å²) in [6.45, 7) is 4.48. The molecule has 0 aliphatic carbocycles. The lowest BCUT2D eigenvalue weighted by Crippen LogP contribution is -2.44. The molecule has 0 spiro atoms. The van der Waals surface area contributed by atoms with Crippen molar-refractivity contribution in [1.82, 2.24) is 19.7 Å². The highest BCUT2D eigenvalue weighted by Gasteiger charge is 2.32. The van der Waals surface area contributed by atoms with Gasteiger partial charge in [0, 0.05) is 10.4 Å². The lowest BCUT2D eigenvalue weighted by Gasteiger charge is -2.27. The van der Waals surface area contributed by atoms with E-state index >= 15 is 0 Å². The summed E-state index contributed by atoms with van der Waals surface area (Å²) in [7, 11) is 0. The minimum atomic E-state index is -4.52. The zero-order chi connectivity index (χ0) is 27.0. The first-order valence-electron chi connectivity index (χ1n) is 11.3. The van der Waals surface area contributed by atoms with Gasteiger partial charge in [0.2, 0.25) is 5.91 Å². The molecule has 0 atom stereocenters. The van der Waals surface area contributed by atoms with Gasteiger partial charge in [0.25, 0.3) is 0 Å². The van der Waals surface area contributed by atoms with Gasteiger partial charge in [-0.25, -0.2) is 13.9 Å². The molecule has 0 aliphatic heterocycles. The van der Waals surface area contributed by atoms with Crippen molar-refractivity contribution in [2.24, 2.45) is 0 Å². The van der Waals surface area contributed by atoms with E-state index in [4.69, 9.17) is 0 Å². The van der Waals surface area contributed by atoms with Gasteiger partial charge in [0.05, 0.1) is 22.5 Å². The van der Waals surface area contributed by atoms with Gasteiger partial charge < -0.3 is 5.32 Å². The Labute approximate surface area is 214 Å². The van der Waals surface area contributed by atoms with Crippen LogP contribution in [-0.2, 0) is 29.6 Å². The molecule has 6 nitrogen and oxygen atoms in total. The predicted octanol–water partition coefficient (Wildman–Crippen LogP) is 5.34. The number of carbonyl (C=O) groups excluding carboxylic acids is 1. The minimum Gasteiger partial charge on any atom is -0.346 e. The molecule has 0 saturated carbocycles. The summed E-state index contributed by atoms with van der Waals surface area (Å²) in [6.07, 6.45) is -4.52. The number of thiophene rings is 1. The Morgan fingerprint density at radius 3 is 2.38 bits per heavy atom. The summed E-state index contributed by atoms with van der Waals surface area (Å²) in [5, 5.41) is 7.04. The largest absolute Gasteiger partial charge is 0.416 e. The second-order valence-corrected chi connectivity index (χ2v) is 10.4. The number of amides is 1. The number of aryl methyl sites for hydroxylation is 1. The van der Waals surface area contributed by atoms with Crippen LogP contribution in [0.2, 0.25) is 0 Å². The highest BCUT2D eigenvalue weighted by atomic mass is 32.1. The van der Waals surface area contributed by atoms with E-state index in [1.807, 2.05) is 13.0 Å². The topological polar surface area (TPSA) is 68.9 Å². The highest BCUT2D eigenvalue weighted by molar-refractivity contribution is 7.15. The molecule has 0 saturated heterocycles. The Balaban J connectivity index is 1.62. The van der Waals surface area contributed by atoms with Crippen molar-refractivity contribution in [1.29, 1.82) is 0 Å². The number of carbonyl (C=O) groups is 1. The van der Waals surface area contributed by atoms with E-state index in [-0.39, 0.29) is 23.5 Å². The molecule has 2 aromatic carbocycles. The average molecular weight is 533 g/mol. The van der Waals surface area contributed by atoms with E-state index in [9.17, 15) is 27.2 Å². The summed E-state index contributed by atoms with van der Waals surface area (Å²) in [5.41, 5.74) is -2.06. The van der Waals surface area contributed by atoms with E-state index in [2.05, 4.69) is 10.4 Å². The average Bonchev–Trinajstić information content (AvgIpc) is 3.38. The van der Waals surface area contributed by atoms with Crippen molar-refractivity contribution >= 4 is 17.2 Å². The SMILES string of the molecule is Cc1ccc(-c2nn(CC(=O)NC(C)(C)c3cccc(C(F)(F)F)c3)c(=O)n2Cc2ccccc2F)s1. The molecule has 0 aliphatic rings. The maximum absolute atomic E-state index is 14.3. The molecule has 194 valence electrons. The van der Waals surface area contributed by atoms with E-state index in [0.717, 1.165) is 21.7 Å². The van der Waals surface area contributed by atoms with Crippen LogP contribution in [0, 0.1) is 12.7 Å². The van der Waals surface area contributed by atoms with E-state index < -0.39 is 41.2 Å². The Kier molecular flexibility index (Phi) is 7.09. The molecule has 2 heterocycles. The van der Waals surface area contributed by atoms with Crippen molar-refractivity contribution in [3.8, 4) is 10.7 Å². The Hall–Kier alpha value is -3.73. The molecule has 11 heteroatoms. The van der Waals surface area contributed by atoms with Crippen molar-refractivity contribution < 1.29 is 22.4 Å². The number of hydrogen-bond acceptors (Lipinski definition) is 4. The summed E-state index contributed by atoms with van der Waals surface area (Å²) in [5.74, 6) is -0.804.